The lowest BCUT2D eigenvalue weighted by atomic mass is 10.2. The van der Waals surface area contributed by atoms with E-state index in [-0.39, 0.29) is 29.6 Å². The first-order valence-corrected chi connectivity index (χ1v) is 5.75. The molecule has 0 bridgehead atoms. The predicted octanol–water partition coefficient (Wildman–Crippen LogP) is 2.59. The maximum absolute atomic E-state index is 11.1. The zero-order valence-electron chi connectivity index (χ0n) is 10.1. The molecule has 0 aliphatic rings. The van der Waals surface area contributed by atoms with E-state index >= 15 is 0 Å². The lowest BCUT2D eigenvalue weighted by Crippen LogP contribution is -2.17. The van der Waals surface area contributed by atoms with Gasteiger partial charge in [-0.3, -0.25) is 20.3 Å². The normalized spacial score (nSPS) is 9.79. The summed E-state index contributed by atoms with van der Waals surface area (Å²) in [6, 6.07) is 3.80. The van der Waals surface area contributed by atoms with Gasteiger partial charge in [0, 0.05) is 12.1 Å². The van der Waals surface area contributed by atoms with Crippen LogP contribution in [0.25, 0.3) is 0 Å². The third kappa shape index (κ3) is 4.55. The molecule has 8 heteroatoms. The van der Waals surface area contributed by atoms with Gasteiger partial charge >= 0.3 is 5.97 Å². The summed E-state index contributed by atoms with van der Waals surface area (Å²) >= 11 is 5.84. The van der Waals surface area contributed by atoms with Gasteiger partial charge in [-0.05, 0) is 13.0 Å². The van der Waals surface area contributed by atoms with Gasteiger partial charge in [0.05, 0.1) is 22.2 Å². The van der Waals surface area contributed by atoms with E-state index in [1.165, 1.54) is 18.2 Å². The topological polar surface area (TPSA) is 105 Å². The molecule has 0 atom stereocenters. The number of amidine groups is 1. The zero-order valence-corrected chi connectivity index (χ0v) is 10.9. The number of nitro groups is 1. The minimum absolute atomic E-state index is 0.0998. The van der Waals surface area contributed by atoms with Crippen molar-refractivity contribution in [1.29, 1.82) is 5.41 Å². The van der Waals surface area contributed by atoms with Crippen molar-refractivity contribution in [2.45, 2.75) is 13.3 Å². The van der Waals surface area contributed by atoms with Gasteiger partial charge in [-0.25, -0.2) is 0 Å². The number of benzene rings is 1. The second kappa shape index (κ2) is 6.69. The monoisotopic (exact) mass is 285 g/mol. The molecule has 0 aromatic heterocycles. The van der Waals surface area contributed by atoms with E-state index in [1.54, 1.807) is 6.92 Å². The van der Waals surface area contributed by atoms with Crippen LogP contribution >= 0.6 is 11.6 Å². The number of nitrogens with zero attached hydrogens (tertiary/aromatic N) is 1. The van der Waals surface area contributed by atoms with E-state index in [9.17, 15) is 14.9 Å². The first kappa shape index (κ1) is 14.9. The number of esters is 1. The number of anilines is 1. The van der Waals surface area contributed by atoms with Gasteiger partial charge in [0.2, 0.25) is 0 Å². The number of non-ortho nitro benzene ring substituents is 1. The van der Waals surface area contributed by atoms with E-state index in [1.807, 2.05) is 0 Å². The standard InChI is InChI=1S/C11H12ClN3O4/c1-2-19-11(16)6-10(13)14-9-4-3-7(15(17)18)5-8(9)12/h3-5H,2,6H2,1H3,(H2,13,14). The Labute approximate surface area is 114 Å². The Hall–Kier alpha value is -2.15. The van der Waals surface area contributed by atoms with Crippen LogP contribution < -0.4 is 5.32 Å². The van der Waals surface area contributed by atoms with Crippen LogP contribution in [-0.4, -0.2) is 23.3 Å². The summed E-state index contributed by atoms with van der Waals surface area (Å²) in [4.78, 5) is 21.1. The van der Waals surface area contributed by atoms with Crippen molar-refractivity contribution < 1.29 is 14.5 Å². The largest absolute Gasteiger partial charge is 0.466 e. The average molecular weight is 286 g/mol. The number of hydrogen-bond acceptors (Lipinski definition) is 5. The Bertz CT molecular complexity index is 519. The number of halogens is 1. The van der Waals surface area contributed by atoms with Gasteiger partial charge in [0.15, 0.2) is 0 Å². The Morgan fingerprint density at radius 2 is 2.26 bits per heavy atom. The van der Waals surface area contributed by atoms with E-state index in [4.69, 9.17) is 17.0 Å². The molecule has 1 rings (SSSR count). The van der Waals surface area contributed by atoms with Gasteiger partial charge in [-0.2, -0.15) is 0 Å². The summed E-state index contributed by atoms with van der Waals surface area (Å²) in [5, 5.41) is 20.8. The molecule has 0 spiro atoms. The molecule has 1 aromatic carbocycles. The number of carbonyl (C=O) groups excluding carboxylic acids is 1. The Morgan fingerprint density at radius 1 is 1.58 bits per heavy atom. The first-order valence-electron chi connectivity index (χ1n) is 5.38. The Balaban J connectivity index is 2.69. The second-order valence-corrected chi connectivity index (χ2v) is 3.91. The SMILES string of the molecule is CCOC(=O)CC(=N)Nc1ccc([N+](=O)[O-])cc1Cl. The summed E-state index contributed by atoms with van der Waals surface area (Å²) in [5.74, 6) is -0.632. The van der Waals surface area contributed by atoms with Gasteiger partial charge < -0.3 is 10.1 Å². The molecular weight excluding hydrogens is 274 g/mol. The quantitative estimate of drug-likeness (QED) is 0.284. The second-order valence-electron chi connectivity index (χ2n) is 3.51. The van der Waals surface area contributed by atoms with Crippen LogP contribution in [0.3, 0.4) is 0 Å². The molecule has 0 heterocycles. The molecule has 2 N–H and O–H groups in total. The van der Waals surface area contributed by atoms with E-state index in [2.05, 4.69) is 10.1 Å². The first-order chi connectivity index (χ1) is 8.93. The lowest BCUT2D eigenvalue weighted by molar-refractivity contribution is -0.384. The van der Waals surface area contributed by atoms with Gasteiger partial charge in [0.1, 0.15) is 12.3 Å². The van der Waals surface area contributed by atoms with Crippen molar-refractivity contribution in [3.8, 4) is 0 Å². The van der Waals surface area contributed by atoms with E-state index in [0.717, 1.165) is 0 Å². The van der Waals surface area contributed by atoms with E-state index < -0.39 is 10.9 Å². The van der Waals surface area contributed by atoms with Gasteiger partial charge in [-0.15, -0.1) is 0 Å². The van der Waals surface area contributed by atoms with Gasteiger partial charge in [0.25, 0.3) is 5.69 Å². The molecule has 0 saturated heterocycles. The molecule has 19 heavy (non-hydrogen) atoms. The molecule has 0 aliphatic carbocycles. The van der Waals surface area contributed by atoms with Crippen LogP contribution in [-0.2, 0) is 9.53 Å². The fourth-order valence-corrected chi connectivity index (χ4v) is 1.50. The number of hydrogen-bond donors (Lipinski definition) is 2. The molecule has 102 valence electrons. The Morgan fingerprint density at radius 3 is 2.79 bits per heavy atom. The van der Waals surface area contributed by atoms with Crippen molar-refractivity contribution in [3.05, 3.63) is 33.3 Å². The van der Waals surface area contributed by atoms with Crippen LogP contribution in [0.4, 0.5) is 11.4 Å². The molecule has 0 saturated carbocycles. The van der Waals surface area contributed by atoms with Crippen LogP contribution in [0.15, 0.2) is 18.2 Å². The molecule has 0 unspecified atom stereocenters. The fraction of sp³-hybridized carbons (Fsp3) is 0.273. The smallest absolute Gasteiger partial charge is 0.313 e. The summed E-state index contributed by atoms with van der Waals surface area (Å²) in [5.41, 5.74) is 0.175. The van der Waals surface area contributed by atoms with Crippen molar-refractivity contribution in [3.63, 3.8) is 0 Å². The van der Waals surface area contributed by atoms with Crippen molar-refractivity contribution >= 4 is 34.8 Å². The highest BCUT2D eigenvalue weighted by Gasteiger charge is 2.12. The molecule has 0 radical (unpaired) electrons. The highest BCUT2D eigenvalue weighted by molar-refractivity contribution is 6.34. The maximum atomic E-state index is 11.1. The van der Waals surface area contributed by atoms with Gasteiger partial charge in [-0.1, -0.05) is 11.6 Å². The number of ether oxygens (including phenoxy) is 1. The molecule has 1 aromatic rings. The maximum Gasteiger partial charge on any atom is 0.313 e. The predicted molar refractivity (Wildman–Crippen MR) is 70.7 cm³/mol. The number of rotatable bonds is 5. The van der Waals surface area contributed by atoms with Crippen molar-refractivity contribution in [1.82, 2.24) is 0 Å². The van der Waals surface area contributed by atoms with Crippen LogP contribution in [0.1, 0.15) is 13.3 Å². The summed E-state index contributed by atoms with van der Waals surface area (Å²) in [7, 11) is 0. The highest BCUT2D eigenvalue weighted by Crippen LogP contribution is 2.26. The molecular formula is C11H12ClN3O4. The third-order valence-electron chi connectivity index (χ3n) is 2.08. The number of carbonyl (C=O) groups is 1. The molecule has 0 fully saturated rings. The summed E-state index contributed by atoms with van der Waals surface area (Å²) < 4.78 is 4.69. The van der Waals surface area contributed by atoms with Crippen molar-refractivity contribution in [2.24, 2.45) is 0 Å². The average Bonchev–Trinajstić information content (AvgIpc) is 2.31. The van der Waals surface area contributed by atoms with Crippen LogP contribution in [0, 0.1) is 15.5 Å². The van der Waals surface area contributed by atoms with Crippen molar-refractivity contribution in [2.75, 3.05) is 11.9 Å². The van der Waals surface area contributed by atoms with Crippen LogP contribution in [0.2, 0.25) is 5.02 Å². The zero-order chi connectivity index (χ0) is 14.4. The molecule has 0 amide bonds. The highest BCUT2D eigenvalue weighted by atomic mass is 35.5. The third-order valence-corrected chi connectivity index (χ3v) is 2.39. The number of nitro benzene ring substituents is 1. The summed E-state index contributed by atoms with van der Waals surface area (Å²) in [6.45, 7) is 1.91. The Kier molecular flexibility index (Phi) is 5.25. The van der Waals surface area contributed by atoms with Crippen LogP contribution in [0.5, 0.6) is 0 Å². The minimum Gasteiger partial charge on any atom is -0.466 e. The minimum atomic E-state index is -0.570. The summed E-state index contributed by atoms with van der Waals surface area (Å²) in [6.07, 6.45) is -0.221. The van der Waals surface area contributed by atoms with E-state index in [0.29, 0.717) is 5.69 Å². The number of nitrogens with one attached hydrogen (secondary N) is 2. The molecule has 0 aliphatic heterocycles. The fourth-order valence-electron chi connectivity index (χ4n) is 1.28. The lowest BCUT2D eigenvalue weighted by Gasteiger charge is -2.09. The molecule has 7 nitrogen and oxygen atoms in total.